The molecule has 4 aromatic heterocycles. The summed E-state index contributed by atoms with van der Waals surface area (Å²) in [5.74, 6) is 0.445. The quantitative estimate of drug-likeness (QED) is 0.538. The fourth-order valence-corrected chi connectivity index (χ4v) is 3.18. The lowest BCUT2D eigenvalue weighted by Crippen LogP contribution is -2.25. The number of thiazole rings is 1. The third kappa shape index (κ3) is 3.74. The van der Waals surface area contributed by atoms with E-state index in [0.29, 0.717) is 16.5 Å². The van der Waals surface area contributed by atoms with E-state index in [-0.39, 0.29) is 16.7 Å². The van der Waals surface area contributed by atoms with Crippen molar-refractivity contribution in [2.24, 2.45) is 0 Å². The minimum Gasteiger partial charge on any atom is -0.406 e. The molecule has 0 saturated heterocycles. The summed E-state index contributed by atoms with van der Waals surface area (Å²) < 4.78 is 45.7. The van der Waals surface area contributed by atoms with Crippen LogP contribution in [0.3, 0.4) is 0 Å². The van der Waals surface area contributed by atoms with E-state index < -0.39 is 17.8 Å². The van der Waals surface area contributed by atoms with Crippen molar-refractivity contribution in [3.05, 3.63) is 53.7 Å². The number of amides is 1. The number of hydrogen-bond acceptors (Lipinski definition) is 7. The van der Waals surface area contributed by atoms with Gasteiger partial charge in [0, 0.05) is 35.6 Å². The first-order valence-electron chi connectivity index (χ1n) is 8.07. The number of nitrogens with one attached hydrogen (secondary N) is 1. The Morgan fingerprint density at radius 3 is 2.76 bits per heavy atom. The smallest absolute Gasteiger partial charge is 0.406 e. The highest BCUT2D eigenvalue weighted by molar-refractivity contribution is 7.12. The van der Waals surface area contributed by atoms with Crippen LogP contribution in [0.25, 0.3) is 21.7 Å². The van der Waals surface area contributed by atoms with Crippen LogP contribution in [0.2, 0.25) is 0 Å². The SMILES string of the molecule is Cc1nc(-c2nccs2)ncc1OC(=O)Nn1cc(C(F)(F)F)c2cnccc21. The largest absolute Gasteiger partial charge is 0.432 e. The van der Waals surface area contributed by atoms with Crippen molar-refractivity contribution in [2.45, 2.75) is 13.1 Å². The maximum Gasteiger partial charge on any atom is 0.432 e. The van der Waals surface area contributed by atoms with Crippen molar-refractivity contribution in [2.75, 3.05) is 5.43 Å². The fraction of sp³-hybridized carbons (Fsp3) is 0.118. The van der Waals surface area contributed by atoms with Crippen molar-refractivity contribution in [3.8, 4) is 16.6 Å². The lowest BCUT2D eigenvalue weighted by atomic mass is 10.2. The number of rotatable bonds is 3. The van der Waals surface area contributed by atoms with Gasteiger partial charge in [0.25, 0.3) is 0 Å². The number of hydrogen-bond donors (Lipinski definition) is 1. The summed E-state index contributed by atoms with van der Waals surface area (Å²) >= 11 is 1.36. The first kappa shape index (κ1) is 18.8. The van der Waals surface area contributed by atoms with Crippen molar-refractivity contribution in [3.63, 3.8) is 0 Å². The van der Waals surface area contributed by atoms with E-state index in [1.165, 1.54) is 29.8 Å². The first-order valence-corrected chi connectivity index (χ1v) is 8.95. The van der Waals surface area contributed by atoms with Crippen LogP contribution in [0.4, 0.5) is 18.0 Å². The molecule has 0 aliphatic heterocycles. The van der Waals surface area contributed by atoms with E-state index in [1.807, 2.05) is 0 Å². The zero-order chi connectivity index (χ0) is 20.6. The van der Waals surface area contributed by atoms with Gasteiger partial charge < -0.3 is 4.74 Å². The van der Waals surface area contributed by atoms with Gasteiger partial charge in [-0.2, -0.15) is 13.2 Å². The Hall–Kier alpha value is -3.54. The maximum atomic E-state index is 13.2. The van der Waals surface area contributed by atoms with Gasteiger partial charge in [0.1, 0.15) is 0 Å². The number of carbonyl (C=O) groups is 1. The molecule has 1 amide bonds. The Morgan fingerprint density at radius 2 is 2.07 bits per heavy atom. The monoisotopic (exact) mass is 420 g/mol. The molecular formula is C17H11F3N6O2S. The molecule has 0 bridgehead atoms. The Labute approximate surface area is 165 Å². The average Bonchev–Trinajstić information content (AvgIpc) is 3.32. The molecule has 1 N–H and O–H groups in total. The number of fused-ring (bicyclic) bond motifs is 1. The number of aryl methyl sites for hydroxylation is 1. The minimum atomic E-state index is -4.60. The molecule has 0 atom stereocenters. The van der Waals surface area contributed by atoms with Crippen LogP contribution < -0.4 is 10.2 Å². The number of pyridine rings is 1. The van der Waals surface area contributed by atoms with Gasteiger partial charge in [-0.15, -0.1) is 11.3 Å². The summed E-state index contributed by atoms with van der Waals surface area (Å²) in [6.45, 7) is 1.61. The van der Waals surface area contributed by atoms with E-state index in [1.54, 1.807) is 18.5 Å². The van der Waals surface area contributed by atoms with Crippen LogP contribution in [0, 0.1) is 6.92 Å². The molecule has 0 aromatic carbocycles. The fourth-order valence-electron chi connectivity index (χ4n) is 2.61. The average molecular weight is 420 g/mol. The molecule has 0 fully saturated rings. The van der Waals surface area contributed by atoms with Gasteiger partial charge in [-0.05, 0) is 13.0 Å². The van der Waals surface area contributed by atoms with Gasteiger partial charge >= 0.3 is 12.3 Å². The van der Waals surface area contributed by atoms with Crippen molar-refractivity contribution in [1.29, 1.82) is 0 Å². The number of nitrogens with zero attached hydrogens (tertiary/aromatic N) is 5. The van der Waals surface area contributed by atoms with Crippen LogP contribution in [-0.4, -0.2) is 30.7 Å². The second-order valence-electron chi connectivity index (χ2n) is 5.79. The highest BCUT2D eigenvalue weighted by Gasteiger charge is 2.35. The molecule has 8 nitrogen and oxygen atoms in total. The molecule has 0 radical (unpaired) electrons. The highest BCUT2D eigenvalue weighted by Crippen LogP contribution is 2.35. The van der Waals surface area contributed by atoms with Gasteiger partial charge in [-0.25, -0.2) is 25.2 Å². The number of aromatic nitrogens is 5. The van der Waals surface area contributed by atoms with Gasteiger partial charge in [-0.3, -0.25) is 9.66 Å². The topological polar surface area (TPSA) is 94.8 Å². The first-order chi connectivity index (χ1) is 13.8. The number of alkyl halides is 3. The molecular weight excluding hydrogens is 409 g/mol. The van der Waals surface area contributed by atoms with Crippen molar-refractivity contribution >= 4 is 28.3 Å². The summed E-state index contributed by atoms with van der Waals surface area (Å²) in [6.07, 6.45) is 0.482. The predicted octanol–water partition coefficient (Wildman–Crippen LogP) is 4.02. The summed E-state index contributed by atoms with van der Waals surface area (Å²) in [7, 11) is 0. The molecule has 4 aromatic rings. The van der Waals surface area contributed by atoms with E-state index in [2.05, 4.69) is 25.4 Å². The minimum absolute atomic E-state index is 0.0666. The van der Waals surface area contributed by atoms with E-state index in [0.717, 1.165) is 17.1 Å². The molecule has 0 aliphatic rings. The number of carbonyl (C=O) groups excluding carboxylic acids is 1. The molecule has 0 aliphatic carbocycles. The van der Waals surface area contributed by atoms with Crippen LogP contribution in [0.5, 0.6) is 5.75 Å². The Balaban J connectivity index is 1.56. The molecule has 0 saturated carbocycles. The van der Waals surface area contributed by atoms with Gasteiger partial charge in [0.15, 0.2) is 16.6 Å². The molecule has 0 spiro atoms. The molecule has 4 rings (SSSR count). The number of halogens is 3. The number of ether oxygens (including phenoxy) is 1. The van der Waals surface area contributed by atoms with Crippen LogP contribution in [0.1, 0.15) is 11.3 Å². The zero-order valence-corrected chi connectivity index (χ0v) is 15.5. The van der Waals surface area contributed by atoms with Crippen LogP contribution >= 0.6 is 11.3 Å². The Morgan fingerprint density at radius 1 is 1.24 bits per heavy atom. The third-order valence-electron chi connectivity index (χ3n) is 3.88. The molecule has 0 unspecified atom stereocenters. The summed E-state index contributed by atoms with van der Waals surface area (Å²) in [5.41, 5.74) is 1.83. The second-order valence-corrected chi connectivity index (χ2v) is 6.68. The van der Waals surface area contributed by atoms with Gasteiger partial charge in [0.05, 0.1) is 23.0 Å². The Bertz CT molecular complexity index is 1190. The summed E-state index contributed by atoms with van der Waals surface area (Å²) in [4.78, 5) is 28.4. The summed E-state index contributed by atoms with van der Waals surface area (Å²) in [6, 6.07) is 1.35. The molecule has 4 heterocycles. The molecule has 29 heavy (non-hydrogen) atoms. The van der Waals surface area contributed by atoms with E-state index in [9.17, 15) is 18.0 Å². The third-order valence-corrected chi connectivity index (χ3v) is 4.65. The van der Waals surface area contributed by atoms with Crippen molar-refractivity contribution < 1.29 is 22.7 Å². The summed E-state index contributed by atoms with van der Waals surface area (Å²) in [5, 5.41) is 2.24. The zero-order valence-electron chi connectivity index (χ0n) is 14.6. The van der Waals surface area contributed by atoms with E-state index in [4.69, 9.17) is 4.74 Å². The van der Waals surface area contributed by atoms with E-state index >= 15 is 0 Å². The normalized spacial score (nSPS) is 11.6. The Kier molecular flexibility index (Phi) is 4.62. The lowest BCUT2D eigenvalue weighted by molar-refractivity contribution is -0.136. The molecule has 12 heteroatoms. The van der Waals surface area contributed by atoms with Crippen LogP contribution in [0.15, 0.2) is 42.4 Å². The lowest BCUT2D eigenvalue weighted by Gasteiger charge is -2.10. The van der Waals surface area contributed by atoms with Gasteiger partial charge in [-0.1, -0.05) is 0 Å². The second kappa shape index (κ2) is 7.13. The maximum absolute atomic E-state index is 13.2. The highest BCUT2D eigenvalue weighted by atomic mass is 32.1. The van der Waals surface area contributed by atoms with Crippen molar-refractivity contribution in [1.82, 2.24) is 24.6 Å². The predicted molar refractivity (Wildman–Crippen MR) is 98.0 cm³/mol. The molecule has 148 valence electrons. The standard InChI is InChI=1S/C17H11F3N6O2S/c1-9-13(7-23-14(24-9)15-22-4-5-29-15)28-16(27)25-26-8-11(17(18,19)20)10-6-21-3-2-12(10)26/h2-8H,1H3,(H,25,27). The van der Waals surface area contributed by atoms with Crippen LogP contribution in [-0.2, 0) is 6.18 Å². The van der Waals surface area contributed by atoms with Gasteiger partial charge in [0.2, 0.25) is 0 Å².